The number of rotatable bonds is 22. The number of fused-ring (bicyclic) bond motifs is 2. The Morgan fingerprint density at radius 1 is 0.509 bits per heavy atom. The standard InChI is InChI=1S/C45H46O12/c1-3-40(48)54-23-11-7-5-9-21-52-36-19-17-30-25-34(15-13-32(30)27-36)44(50)56-42-38(46)29-39(47)43(42)57-45(51)35-16-14-33-28-37(20-18-31(33)26-35)53-22-10-6-8-12-24-55-41(49)4-2/h3-4,13-20,25-28,42-43H,1-2,5-12,21-24,29H2/t42-,43-/m0/s1. The molecule has 4 aromatic carbocycles. The predicted octanol–water partition coefficient (Wildman–Crippen LogP) is 7.62. The number of unbranched alkanes of at least 4 members (excludes halogenated alkanes) is 6. The van der Waals surface area contributed by atoms with E-state index in [1.54, 1.807) is 60.7 Å². The van der Waals surface area contributed by atoms with Gasteiger partial charge < -0.3 is 28.4 Å². The number of carbonyl (C=O) groups is 6. The molecular formula is C45H46O12. The van der Waals surface area contributed by atoms with E-state index < -0.39 is 54.1 Å². The molecule has 1 aliphatic rings. The summed E-state index contributed by atoms with van der Waals surface area (Å²) in [6.07, 6.45) is 5.48. The fourth-order valence-electron chi connectivity index (χ4n) is 6.17. The predicted molar refractivity (Wildman–Crippen MR) is 211 cm³/mol. The van der Waals surface area contributed by atoms with Crippen molar-refractivity contribution in [3.8, 4) is 11.5 Å². The van der Waals surface area contributed by atoms with Crippen LogP contribution in [0.15, 0.2) is 98.1 Å². The summed E-state index contributed by atoms with van der Waals surface area (Å²) in [7, 11) is 0. The largest absolute Gasteiger partial charge is 0.494 e. The Balaban J connectivity index is 1.09. The van der Waals surface area contributed by atoms with Crippen LogP contribution in [0.3, 0.4) is 0 Å². The Morgan fingerprint density at radius 2 is 0.877 bits per heavy atom. The number of ether oxygens (including phenoxy) is 6. The monoisotopic (exact) mass is 778 g/mol. The second-order valence-corrected chi connectivity index (χ2v) is 13.5. The molecule has 0 bridgehead atoms. The maximum absolute atomic E-state index is 13.2. The third-order valence-corrected chi connectivity index (χ3v) is 9.26. The van der Waals surface area contributed by atoms with E-state index in [0.717, 1.165) is 85.1 Å². The first kappa shape index (κ1) is 41.9. The van der Waals surface area contributed by atoms with E-state index in [4.69, 9.17) is 28.4 Å². The first-order valence-corrected chi connectivity index (χ1v) is 19.0. The molecule has 0 saturated heterocycles. The van der Waals surface area contributed by atoms with E-state index in [1.165, 1.54) is 0 Å². The SMILES string of the molecule is C=CC(=O)OCCCCCCOc1ccc2cc(C(=O)O[C@H]3C(=O)CC(=O)[C@@H]3OC(=O)c3ccc4cc(OCCCCCCOC(=O)C=C)ccc4c3)ccc2c1. The number of hydrogen-bond acceptors (Lipinski definition) is 12. The highest BCUT2D eigenvalue weighted by Gasteiger charge is 2.47. The summed E-state index contributed by atoms with van der Waals surface area (Å²) in [6.45, 7) is 8.50. The third-order valence-electron chi connectivity index (χ3n) is 9.26. The van der Waals surface area contributed by atoms with Crippen molar-refractivity contribution in [2.24, 2.45) is 0 Å². The third kappa shape index (κ3) is 12.3. The van der Waals surface area contributed by atoms with Crippen LogP contribution in [0, 0.1) is 0 Å². The molecule has 0 heterocycles. The normalized spacial score (nSPS) is 14.9. The van der Waals surface area contributed by atoms with Gasteiger partial charge in [0.2, 0.25) is 12.2 Å². The summed E-state index contributed by atoms with van der Waals surface area (Å²) >= 11 is 0. The molecule has 1 fully saturated rings. The topological polar surface area (TPSA) is 158 Å². The van der Waals surface area contributed by atoms with Crippen molar-refractivity contribution in [3.63, 3.8) is 0 Å². The van der Waals surface area contributed by atoms with Gasteiger partial charge in [-0.1, -0.05) is 37.4 Å². The van der Waals surface area contributed by atoms with Crippen LogP contribution in [0.1, 0.15) is 78.5 Å². The molecule has 12 nitrogen and oxygen atoms in total. The van der Waals surface area contributed by atoms with Crippen LogP contribution in [0.5, 0.6) is 11.5 Å². The summed E-state index contributed by atoms with van der Waals surface area (Å²) in [6, 6.07) is 20.7. The van der Waals surface area contributed by atoms with Crippen LogP contribution in [0.4, 0.5) is 0 Å². The van der Waals surface area contributed by atoms with Gasteiger partial charge in [0, 0.05) is 12.2 Å². The van der Waals surface area contributed by atoms with Gasteiger partial charge in [0.15, 0.2) is 11.6 Å². The van der Waals surface area contributed by atoms with Crippen LogP contribution in [0.25, 0.3) is 21.5 Å². The Kier molecular flexibility index (Phi) is 15.5. The lowest BCUT2D eigenvalue weighted by Gasteiger charge is -2.19. The molecule has 1 aliphatic carbocycles. The smallest absolute Gasteiger partial charge is 0.339 e. The number of esters is 4. The van der Waals surface area contributed by atoms with E-state index in [2.05, 4.69) is 13.2 Å². The minimum Gasteiger partial charge on any atom is -0.494 e. The maximum atomic E-state index is 13.2. The van der Waals surface area contributed by atoms with Crippen molar-refractivity contribution in [2.75, 3.05) is 26.4 Å². The molecule has 5 rings (SSSR count). The van der Waals surface area contributed by atoms with Gasteiger partial charge in [0.25, 0.3) is 0 Å². The average molecular weight is 779 g/mol. The zero-order valence-electron chi connectivity index (χ0n) is 31.7. The maximum Gasteiger partial charge on any atom is 0.339 e. The van der Waals surface area contributed by atoms with Gasteiger partial charge in [0.1, 0.15) is 11.5 Å². The van der Waals surface area contributed by atoms with E-state index in [0.29, 0.717) is 37.9 Å². The highest BCUT2D eigenvalue weighted by Crippen LogP contribution is 2.27. The number of Topliss-reactive ketones (excluding diaryl/α,β-unsaturated/α-hetero) is 2. The van der Waals surface area contributed by atoms with Crippen molar-refractivity contribution in [1.82, 2.24) is 0 Å². The van der Waals surface area contributed by atoms with E-state index in [-0.39, 0.29) is 11.1 Å². The summed E-state index contributed by atoms with van der Waals surface area (Å²) in [4.78, 5) is 74.1. The summed E-state index contributed by atoms with van der Waals surface area (Å²) in [5.74, 6) is -2.46. The quantitative estimate of drug-likeness (QED) is 0.0253. The second kappa shape index (κ2) is 21.1. The minimum atomic E-state index is -1.57. The molecule has 0 amide bonds. The molecule has 0 radical (unpaired) electrons. The van der Waals surface area contributed by atoms with Gasteiger partial charge in [-0.15, -0.1) is 0 Å². The Morgan fingerprint density at radius 3 is 1.28 bits per heavy atom. The van der Waals surface area contributed by atoms with Crippen molar-refractivity contribution in [1.29, 1.82) is 0 Å². The number of carbonyl (C=O) groups excluding carboxylic acids is 6. The van der Waals surface area contributed by atoms with Crippen LogP contribution in [-0.4, -0.2) is 74.1 Å². The number of hydrogen-bond donors (Lipinski definition) is 0. The van der Waals surface area contributed by atoms with Gasteiger partial charge in [-0.05, 0) is 121 Å². The lowest BCUT2D eigenvalue weighted by molar-refractivity contribution is -0.138. The Hall–Kier alpha value is -6.30. The van der Waals surface area contributed by atoms with Crippen molar-refractivity contribution < 1.29 is 57.2 Å². The molecule has 0 aliphatic heterocycles. The molecule has 0 N–H and O–H groups in total. The first-order valence-electron chi connectivity index (χ1n) is 19.0. The molecule has 12 heteroatoms. The van der Waals surface area contributed by atoms with Crippen LogP contribution < -0.4 is 9.47 Å². The highest BCUT2D eigenvalue weighted by atomic mass is 16.6. The van der Waals surface area contributed by atoms with Crippen LogP contribution >= 0.6 is 0 Å². The summed E-state index contributed by atoms with van der Waals surface area (Å²) < 4.78 is 32.7. The van der Waals surface area contributed by atoms with Crippen molar-refractivity contribution in [3.05, 3.63) is 109 Å². The van der Waals surface area contributed by atoms with Gasteiger partial charge in [-0.25, -0.2) is 19.2 Å². The van der Waals surface area contributed by atoms with Crippen LogP contribution in [-0.2, 0) is 38.1 Å². The molecule has 0 spiro atoms. The molecular weight excluding hydrogens is 732 g/mol. The van der Waals surface area contributed by atoms with Crippen molar-refractivity contribution >= 4 is 57.0 Å². The lowest BCUT2D eigenvalue weighted by atomic mass is 10.1. The molecule has 4 aromatic rings. The summed E-state index contributed by atoms with van der Waals surface area (Å²) in [5, 5.41) is 3.10. The average Bonchev–Trinajstić information content (AvgIpc) is 3.48. The molecule has 1 saturated carbocycles. The molecule has 0 aromatic heterocycles. The van der Waals surface area contributed by atoms with Crippen molar-refractivity contribution in [2.45, 2.75) is 70.0 Å². The van der Waals surface area contributed by atoms with E-state index >= 15 is 0 Å². The molecule has 2 atom stereocenters. The number of ketones is 2. The van der Waals surface area contributed by atoms with Gasteiger partial charge in [0.05, 0.1) is 44.0 Å². The summed E-state index contributed by atoms with van der Waals surface area (Å²) in [5.41, 5.74) is 0.322. The van der Waals surface area contributed by atoms with Gasteiger partial charge >= 0.3 is 23.9 Å². The second-order valence-electron chi connectivity index (χ2n) is 13.5. The fraction of sp³-hybridized carbons (Fsp3) is 0.333. The minimum absolute atomic E-state index is 0.161. The first-order chi connectivity index (χ1) is 27.6. The molecule has 0 unspecified atom stereocenters. The Bertz CT molecular complexity index is 1970. The molecule has 57 heavy (non-hydrogen) atoms. The molecule has 298 valence electrons. The van der Waals surface area contributed by atoms with Gasteiger partial charge in [-0.3, -0.25) is 9.59 Å². The Labute approximate surface area is 330 Å². The van der Waals surface area contributed by atoms with E-state index in [9.17, 15) is 28.8 Å². The number of benzene rings is 4. The fourth-order valence-corrected chi connectivity index (χ4v) is 6.17. The zero-order chi connectivity index (χ0) is 40.6. The lowest BCUT2D eigenvalue weighted by Crippen LogP contribution is -2.37. The van der Waals surface area contributed by atoms with E-state index in [1.807, 2.05) is 12.1 Å². The van der Waals surface area contributed by atoms with Crippen LogP contribution in [0.2, 0.25) is 0 Å². The van der Waals surface area contributed by atoms with Gasteiger partial charge in [-0.2, -0.15) is 0 Å². The highest BCUT2D eigenvalue weighted by molar-refractivity contribution is 6.13. The zero-order valence-corrected chi connectivity index (χ0v) is 31.7.